The first-order valence-electron chi connectivity index (χ1n) is 11.0. The van der Waals surface area contributed by atoms with Gasteiger partial charge in [-0.15, -0.1) is 10.2 Å². The van der Waals surface area contributed by atoms with E-state index in [9.17, 15) is 4.79 Å². The van der Waals surface area contributed by atoms with Gasteiger partial charge in [-0.25, -0.2) is 0 Å². The van der Waals surface area contributed by atoms with Gasteiger partial charge < -0.3 is 10.1 Å². The summed E-state index contributed by atoms with van der Waals surface area (Å²) < 4.78 is 7.13. The molecule has 5 rings (SSSR count). The number of nitrogens with one attached hydrogen (secondary N) is 1. The first-order chi connectivity index (χ1) is 16.7. The van der Waals surface area contributed by atoms with E-state index < -0.39 is 0 Å². The summed E-state index contributed by atoms with van der Waals surface area (Å²) in [6, 6.07) is 24.5. The minimum atomic E-state index is -0.0963. The van der Waals surface area contributed by atoms with Crippen LogP contribution in [0.5, 0.6) is 5.75 Å². The number of amides is 1. The maximum Gasteiger partial charge on any atom is 0.228 e. The number of rotatable bonds is 7. The van der Waals surface area contributed by atoms with Crippen molar-refractivity contribution in [1.29, 1.82) is 0 Å². The highest BCUT2D eigenvalue weighted by atomic mass is 16.5. The number of benzene rings is 2. The summed E-state index contributed by atoms with van der Waals surface area (Å²) in [6.07, 6.45) is 1.98. The molecule has 0 aliphatic heterocycles. The number of carbonyl (C=O) groups is 1. The molecular weight excluding hydrogens is 428 g/mol. The summed E-state index contributed by atoms with van der Waals surface area (Å²) in [5.41, 5.74) is 4.52. The summed E-state index contributed by atoms with van der Waals surface area (Å²) in [7, 11) is 0. The van der Waals surface area contributed by atoms with Crippen molar-refractivity contribution in [1.82, 2.24) is 24.8 Å². The van der Waals surface area contributed by atoms with Crippen LogP contribution in [0.3, 0.4) is 0 Å². The molecule has 0 fully saturated rings. The summed E-state index contributed by atoms with van der Waals surface area (Å²) in [6.45, 7) is 2.55. The molecule has 1 N–H and O–H groups in total. The first-order valence-corrected chi connectivity index (χ1v) is 11.0. The molecule has 0 aliphatic rings. The Morgan fingerprint density at radius 1 is 0.941 bits per heavy atom. The van der Waals surface area contributed by atoms with Crippen molar-refractivity contribution >= 4 is 17.2 Å². The van der Waals surface area contributed by atoms with Gasteiger partial charge >= 0.3 is 0 Å². The normalized spacial score (nSPS) is 10.9. The second-order valence-corrected chi connectivity index (χ2v) is 7.61. The Hall–Kier alpha value is -4.59. The predicted molar refractivity (Wildman–Crippen MR) is 129 cm³/mol. The molecule has 0 aliphatic carbocycles. The fraction of sp³-hybridized carbons (Fsp3) is 0.115. The SMILES string of the molecule is CCOc1ccc(CC(=O)Nc2cccc(-c3ccc4nnc(-c5ccccn5)n4n3)c2)cc1. The lowest BCUT2D eigenvalue weighted by Gasteiger charge is -2.09. The average Bonchev–Trinajstić information content (AvgIpc) is 3.29. The van der Waals surface area contributed by atoms with Crippen LogP contribution in [0.1, 0.15) is 12.5 Å². The quantitative estimate of drug-likeness (QED) is 0.394. The Morgan fingerprint density at radius 2 is 1.82 bits per heavy atom. The van der Waals surface area contributed by atoms with Crippen molar-refractivity contribution in [2.75, 3.05) is 11.9 Å². The van der Waals surface area contributed by atoms with E-state index in [1.807, 2.05) is 85.8 Å². The molecule has 3 heterocycles. The minimum absolute atomic E-state index is 0.0963. The Labute approximate surface area is 196 Å². The molecule has 0 saturated heterocycles. The topological polar surface area (TPSA) is 94.3 Å². The second-order valence-electron chi connectivity index (χ2n) is 7.61. The van der Waals surface area contributed by atoms with E-state index in [2.05, 4.69) is 20.5 Å². The van der Waals surface area contributed by atoms with Crippen LogP contribution in [0.2, 0.25) is 0 Å². The van der Waals surface area contributed by atoms with Crippen molar-refractivity contribution in [3.05, 3.63) is 90.6 Å². The highest BCUT2D eigenvalue weighted by molar-refractivity contribution is 5.92. The van der Waals surface area contributed by atoms with Crippen molar-refractivity contribution in [2.24, 2.45) is 0 Å². The van der Waals surface area contributed by atoms with Crippen LogP contribution in [-0.2, 0) is 11.2 Å². The fourth-order valence-corrected chi connectivity index (χ4v) is 3.61. The number of anilines is 1. The smallest absolute Gasteiger partial charge is 0.228 e. The van der Waals surface area contributed by atoms with E-state index in [0.29, 0.717) is 29.5 Å². The first kappa shape index (κ1) is 21.3. The number of fused-ring (bicyclic) bond motifs is 1. The molecule has 0 saturated carbocycles. The van der Waals surface area contributed by atoms with E-state index >= 15 is 0 Å². The van der Waals surface area contributed by atoms with Crippen LogP contribution in [0.25, 0.3) is 28.4 Å². The summed E-state index contributed by atoms with van der Waals surface area (Å²) >= 11 is 0. The number of hydrogen-bond donors (Lipinski definition) is 1. The molecule has 168 valence electrons. The molecule has 5 aromatic rings. The number of pyridine rings is 1. The van der Waals surface area contributed by atoms with Crippen LogP contribution in [0, 0.1) is 0 Å². The van der Waals surface area contributed by atoms with Crippen LogP contribution >= 0.6 is 0 Å². The zero-order valence-corrected chi connectivity index (χ0v) is 18.5. The van der Waals surface area contributed by atoms with Gasteiger partial charge in [-0.2, -0.15) is 9.61 Å². The molecule has 8 heteroatoms. The molecule has 8 nitrogen and oxygen atoms in total. The van der Waals surface area contributed by atoms with Crippen LogP contribution in [0.15, 0.2) is 85.1 Å². The lowest BCUT2D eigenvalue weighted by Crippen LogP contribution is -2.14. The van der Waals surface area contributed by atoms with Gasteiger partial charge in [0.25, 0.3) is 0 Å². The highest BCUT2D eigenvalue weighted by Gasteiger charge is 2.12. The van der Waals surface area contributed by atoms with Gasteiger partial charge in [-0.1, -0.05) is 30.3 Å². The zero-order valence-electron chi connectivity index (χ0n) is 18.5. The molecule has 0 unspecified atom stereocenters. The number of carbonyl (C=O) groups excluding carboxylic acids is 1. The standard InChI is InChI=1S/C26H22N6O2/c1-2-34-21-11-9-18(10-12-21)16-25(33)28-20-7-5-6-19(17-20)22-13-14-24-29-30-26(32(24)31-22)23-8-3-4-15-27-23/h3-15,17H,2,16H2,1H3,(H,28,33). The van der Waals surface area contributed by atoms with E-state index in [-0.39, 0.29) is 12.3 Å². The highest BCUT2D eigenvalue weighted by Crippen LogP contribution is 2.23. The number of aromatic nitrogens is 5. The van der Waals surface area contributed by atoms with Crippen molar-refractivity contribution in [3.8, 4) is 28.5 Å². The summed E-state index contributed by atoms with van der Waals surface area (Å²) in [4.78, 5) is 16.9. The minimum Gasteiger partial charge on any atom is -0.494 e. The Morgan fingerprint density at radius 3 is 2.62 bits per heavy atom. The van der Waals surface area contributed by atoms with E-state index in [0.717, 1.165) is 22.6 Å². The molecule has 0 radical (unpaired) electrons. The molecule has 0 spiro atoms. The lowest BCUT2D eigenvalue weighted by atomic mass is 10.1. The van der Waals surface area contributed by atoms with Gasteiger partial charge in [-0.05, 0) is 61.0 Å². The molecular formula is C26H22N6O2. The fourth-order valence-electron chi connectivity index (χ4n) is 3.61. The van der Waals surface area contributed by atoms with Crippen LogP contribution < -0.4 is 10.1 Å². The van der Waals surface area contributed by atoms with E-state index in [1.54, 1.807) is 10.7 Å². The van der Waals surface area contributed by atoms with Gasteiger partial charge in [0.15, 0.2) is 5.65 Å². The average molecular weight is 451 g/mol. The number of hydrogen-bond acceptors (Lipinski definition) is 6. The molecule has 0 atom stereocenters. The van der Waals surface area contributed by atoms with E-state index in [4.69, 9.17) is 9.84 Å². The summed E-state index contributed by atoms with van der Waals surface area (Å²) in [5, 5.41) is 16.1. The zero-order chi connectivity index (χ0) is 23.3. The monoisotopic (exact) mass is 450 g/mol. The number of ether oxygens (including phenoxy) is 1. The third-order valence-corrected chi connectivity index (χ3v) is 5.20. The largest absolute Gasteiger partial charge is 0.494 e. The Kier molecular flexibility index (Phi) is 5.94. The number of nitrogens with zero attached hydrogens (tertiary/aromatic N) is 5. The van der Waals surface area contributed by atoms with Crippen molar-refractivity contribution in [2.45, 2.75) is 13.3 Å². The maximum absolute atomic E-state index is 12.6. The van der Waals surface area contributed by atoms with Gasteiger partial charge in [-0.3, -0.25) is 9.78 Å². The third-order valence-electron chi connectivity index (χ3n) is 5.20. The van der Waals surface area contributed by atoms with Gasteiger partial charge in [0.2, 0.25) is 11.7 Å². The van der Waals surface area contributed by atoms with Gasteiger partial charge in [0.05, 0.1) is 18.7 Å². The predicted octanol–water partition coefficient (Wildman–Crippen LogP) is 4.43. The Bertz CT molecular complexity index is 1430. The van der Waals surface area contributed by atoms with Crippen molar-refractivity contribution in [3.63, 3.8) is 0 Å². The second kappa shape index (κ2) is 9.50. The molecule has 1 amide bonds. The van der Waals surface area contributed by atoms with Crippen LogP contribution in [-0.4, -0.2) is 37.3 Å². The van der Waals surface area contributed by atoms with Crippen LogP contribution in [0.4, 0.5) is 5.69 Å². The lowest BCUT2D eigenvalue weighted by molar-refractivity contribution is -0.115. The van der Waals surface area contributed by atoms with E-state index in [1.165, 1.54) is 0 Å². The maximum atomic E-state index is 12.6. The molecule has 3 aromatic heterocycles. The van der Waals surface area contributed by atoms with Crippen molar-refractivity contribution < 1.29 is 9.53 Å². The molecule has 2 aromatic carbocycles. The van der Waals surface area contributed by atoms with Gasteiger partial charge in [0, 0.05) is 17.4 Å². The third kappa shape index (κ3) is 4.61. The Balaban J connectivity index is 1.35. The molecule has 0 bridgehead atoms. The van der Waals surface area contributed by atoms with Gasteiger partial charge in [0.1, 0.15) is 11.4 Å². The summed E-state index contributed by atoms with van der Waals surface area (Å²) in [5.74, 6) is 1.27. The molecule has 34 heavy (non-hydrogen) atoms.